The second-order valence-corrected chi connectivity index (χ2v) is 8.22. The van der Waals surface area contributed by atoms with Crippen molar-refractivity contribution in [1.29, 1.82) is 0 Å². The first-order valence-electron chi connectivity index (χ1n) is 10.1. The van der Waals surface area contributed by atoms with Gasteiger partial charge in [-0.1, -0.05) is 6.07 Å². The molecule has 148 valence electrons. The molecule has 4 rings (SSSR count). The molecule has 1 atom stereocenters. The third kappa shape index (κ3) is 3.81. The minimum Gasteiger partial charge on any atom is -0.347 e. The van der Waals surface area contributed by atoms with Gasteiger partial charge in [-0.2, -0.15) is 0 Å². The van der Waals surface area contributed by atoms with Crippen LogP contribution < -0.4 is 0 Å². The lowest BCUT2D eigenvalue weighted by Gasteiger charge is -2.48. The average molecular weight is 380 g/mol. The van der Waals surface area contributed by atoms with Crippen molar-refractivity contribution in [2.45, 2.75) is 32.1 Å². The molecule has 0 aliphatic carbocycles. The molecule has 4 heterocycles. The monoisotopic (exact) mass is 380 g/mol. The van der Waals surface area contributed by atoms with Gasteiger partial charge < -0.3 is 14.4 Å². The van der Waals surface area contributed by atoms with E-state index in [0.29, 0.717) is 13.0 Å². The lowest BCUT2D eigenvalue weighted by Crippen LogP contribution is -2.55. The summed E-state index contributed by atoms with van der Waals surface area (Å²) in [5, 5.41) is 0. The summed E-state index contributed by atoms with van der Waals surface area (Å²) in [6.07, 6.45) is 8.01. The Kier molecular flexibility index (Phi) is 5.20. The molecule has 2 amide bonds. The van der Waals surface area contributed by atoms with Gasteiger partial charge >= 0.3 is 0 Å². The van der Waals surface area contributed by atoms with E-state index in [1.54, 1.807) is 6.20 Å². The van der Waals surface area contributed by atoms with Crippen LogP contribution in [0.5, 0.6) is 0 Å². The van der Waals surface area contributed by atoms with E-state index < -0.39 is 0 Å². The van der Waals surface area contributed by atoms with Crippen molar-refractivity contribution in [2.75, 3.05) is 26.2 Å². The highest BCUT2D eigenvalue weighted by atomic mass is 16.2. The fourth-order valence-electron chi connectivity index (χ4n) is 4.66. The van der Waals surface area contributed by atoms with Crippen molar-refractivity contribution in [1.82, 2.24) is 19.4 Å². The van der Waals surface area contributed by atoms with Crippen molar-refractivity contribution in [3.8, 4) is 0 Å². The Bertz CT molecular complexity index is 847. The number of rotatable bonds is 4. The normalized spacial score (nSPS) is 22.7. The minimum atomic E-state index is 0.0249. The number of nitrogens with zero attached hydrogens (tertiary/aromatic N) is 4. The van der Waals surface area contributed by atoms with Gasteiger partial charge in [0.15, 0.2) is 0 Å². The topological polar surface area (TPSA) is 58.4 Å². The highest BCUT2D eigenvalue weighted by Gasteiger charge is 2.42. The van der Waals surface area contributed by atoms with E-state index in [1.165, 1.54) is 0 Å². The standard InChI is InChI=1S/C22H28N4O2/c1-24-13-4-7-19(24)21(28)26-14-5-10-22(17-26)11-8-20(27)25(16-22)15-9-18-6-2-3-12-23-18/h2-4,6-7,12-13H,5,8-11,14-17H2,1H3/t22-/m1/s1. The van der Waals surface area contributed by atoms with Crippen molar-refractivity contribution >= 4 is 11.8 Å². The molecule has 6 nitrogen and oxygen atoms in total. The molecule has 0 bridgehead atoms. The first-order valence-corrected chi connectivity index (χ1v) is 10.1. The number of amides is 2. The SMILES string of the molecule is Cn1cccc1C(=O)N1CCC[C@]2(CCC(=O)N(CCc3ccccn3)C2)C1. The molecule has 0 radical (unpaired) electrons. The number of likely N-dealkylation sites (tertiary alicyclic amines) is 2. The summed E-state index contributed by atoms with van der Waals surface area (Å²) in [6, 6.07) is 9.69. The molecule has 2 aromatic rings. The van der Waals surface area contributed by atoms with E-state index in [0.717, 1.165) is 56.7 Å². The Morgan fingerprint density at radius 3 is 2.82 bits per heavy atom. The number of hydrogen-bond acceptors (Lipinski definition) is 3. The zero-order valence-corrected chi connectivity index (χ0v) is 16.5. The second kappa shape index (κ2) is 7.78. The third-order valence-corrected chi connectivity index (χ3v) is 6.22. The van der Waals surface area contributed by atoms with E-state index in [9.17, 15) is 9.59 Å². The molecular weight excluding hydrogens is 352 g/mol. The molecule has 2 fully saturated rings. The summed E-state index contributed by atoms with van der Waals surface area (Å²) in [6.45, 7) is 2.98. The molecule has 2 aliphatic heterocycles. The summed E-state index contributed by atoms with van der Waals surface area (Å²) in [5.41, 5.74) is 1.77. The van der Waals surface area contributed by atoms with Crippen LogP contribution >= 0.6 is 0 Å². The third-order valence-electron chi connectivity index (χ3n) is 6.22. The molecule has 0 aromatic carbocycles. The number of carbonyl (C=O) groups is 2. The second-order valence-electron chi connectivity index (χ2n) is 8.22. The maximum absolute atomic E-state index is 13.0. The van der Waals surface area contributed by atoms with Gasteiger partial charge in [0.05, 0.1) is 0 Å². The molecule has 28 heavy (non-hydrogen) atoms. The minimum absolute atomic E-state index is 0.0249. The summed E-state index contributed by atoms with van der Waals surface area (Å²) < 4.78 is 1.88. The van der Waals surface area contributed by atoms with Gasteiger partial charge in [0.25, 0.3) is 5.91 Å². The fraction of sp³-hybridized carbons (Fsp3) is 0.500. The van der Waals surface area contributed by atoms with E-state index >= 15 is 0 Å². The number of hydrogen-bond donors (Lipinski definition) is 0. The Balaban J connectivity index is 1.43. The van der Waals surface area contributed by atoms with Gasteiger partial charge in [-0.15, -0.1) is 0 Å². The Labute approximate surface area is 166 Å². The van der Waals surface area contributed by atoms with Gasteiger partial charge in [0.2, 0.25) is 5.91 Å². The van der Waals surface area contributed by atoms with Crippen LogP contribution in [-0.2, 0) is 18.3 Å². The molecule has 0 unspecified atom stereocenters. The van der Waals surface area contributed by atoms with Gasteiger partial charge in [-0.3, -0.25) is 14.6 Å². The van der Waals surface area contributed by atoms with Crippen LogP contribution in [-0.4, -0.2) is 57.3 Å². The lowest BCUT2D eigenvalue weighted by atomic mass is 9.73. The van der Waals surface area contributed by atoms with Gasteiger partial charge in [0.1, 0.15) is 5.69 Å². The maximum Gasteiger partial charge on any atom is 0.270 e. The number of pyridine rings is 1. The van der Waals surface area contributed by atoms with E-state index in [2.05, 4.69) is 4.98 Å². The predicted octanol–water partition coefficient (Wildman–Crippen LogP) is 2.51. The molecule has 0 saturated carbocycles. The first kappa shape index (κ1) is 18.7. The molecule has 2 aliphatic rings. The molecule has 0 N–H and O–H groups in total. The average Bonchev–Trinajstić information content (AvgIpc) is 3.15. The molecule has 6 heteroatoms. The summed E-state index contributed by atoms with van der Waals surface area (Å²) in [5.74, 6) is 0.330. The molecule has 2 aromatic heterocycles. The number of aromatic nitrogens is 2. The number of piperidine rings is 2. The van der Waals surface area contributed by atoms with Crippen molar-refractivity contribution in [3.63, 3.8) is 0 Å². The van der Waals surface area contributed by atoms with Gasteiger partial charge in [-0.05, 0) is 43.5 Å². The Hall–Kier alpha value is -2.63. The van der Waals surface area contributed by atoms with Crippen molar-refractivity contribution in [3.05, 3.63) is 54.1 Å². The quantitative estimate of drug-likeness (QED) is 0.819. The van der Waals surface area contributed by atoms with Crippen LogP contribution in [0.25, 0.3) is 0 Å². The smallest absolute Gasteiger partial charge is 0.270 e. The Morgan fingerprint density at radius 1 is 1.18 bits per heavy atom. The summed E-state index contributed by atoms with van der Waals surface area (Å²) in [4.78, 5) is 33.8. The van der Waals surface area contributed by atoms with Crippen LogP contribution in [0.3, 0.4) is 0 Å². The number of carbonyl (C=O) groups excluding carboxylic acids is 2. The lowest BCUT2D eigenvalue weighted by molar-refractivity contribution is -0.138. The zero-order chi connectivity index (χ0) is 19.6. The largest absolute Gasteiger partial charge is 0.347 e. The highest BCUT2D eigenvalue weighted by Crippen LogP contribution is 2.39. The first-order chi connectivity index (χ1) is 13.6. The van der Waals surface area contributed by atoms with Gasteiger partial charge in [-0.25, -0.2) is 0 Å². The maximum atomic E-state index is 13.0. The summed E-state index contributed by atoms with van der Waals surface area (Å²) in [7, 11) is 1.91. The van der Waals surface area contributed by atoms with Crippen LogP contribution in [0, 0.1) is 5.41 Å². The van der Waals surface area contributed by atoms with Gasteiger partial charge in [0, 0.05) is 69.6 Å². The van der Waals surface area contributed by atoms with Crippen LogP contribution in [0.2, 0.25) is 0 Å². The number of aryl methyl sites for hydroxylation is 1. The van der Waals surface area contributed by atoms with E-state index in [4.69, 9.17) is 0 Å². The fourth-order valence-corrected chi connectivity index (χ4v) is 4.66. The molecular formula is C22H28N4O2. The van der Waals surface area contributed by atoms with Crippen molar-refractivity contribution in [2.24, 2.45) is 12.5 Å². The van der Waals surface area contributed by atoms with Crippen LogP contribution in [0.15, 0.2) is 42.7 Å². The van der Waals surface area contributed by atoms with E-state index in [-0.39, 0.29) is 17.2 Å². The molecule has 1 spiro atoms. The van der Waals surface area contributed by atoms with Crippen LogP contribution in [0.1, 0.15) is 41.9 Å². The van der Waals surface area contributed by atoms with Crippen molar-refractivity contribution < 1.29 is 9.59 Å². The Morgan fingerprint density at radius 2 is 2.07 bits per heavy atom. The molecule has 2 saturated heterocycles. The highest BCUT2D eigenvalue weighted by molar-refractivity contribution is 5.92. The predicted molar refractivity (Wildman–Crippen MR) is 107 cm³/mol. The van der Waals surface area contributed by atoms with E-state index in [1.807, 2.05) is 57.9 Å². The summed E-state index contributed by atoms with van der Waals surface area (Å²) >= 11 is 0. The zero-order valence-electron chi connectivity index (χ0n) is 16.5. The van der Waals surface area contributed by atoms with Crippen LogP contribution in [0.4, 0.5) is 0 Å².